The number of benzene rings is 1. The highest BCUT2D eigenvalue weighted by Crippen LogP contribution is 2.20. The number of unbranched alkanes of at least 4 members (excludes halogenated alkanes) is 1. The lowest BCUT2D eigenvalue weighted by Crippen LogP contribution is -2.39. The standard InChI is InChI=1S/C19H26N4O5/c1-3-4-8-23-16(20)15(17(24)21-19(23)27)22(9-10-28-2)12-13-6-5-7-14(11-13)18(25)26/h5-7,11H,3-4,8-10,12,20H2,1-2H3,(H,25,26)(H,21,24,27). The van der Waals surface area contributed by atoms with Crippen molar-refractivity contribution in [1.82, 2.24) is 9.55 Å². The van der Waals surface area contributed by atoms with Gasteiger partial charge in [0.25, 0.3) is 5.56 Å². The van der Waals surface area contributed by atoms with E-state index in [4.69, 9.17) is 10.5 Å². The Kier molecular flexibility index (Phi) is 7.39. The normalized spacial score (nSPS) is 10.8. The number of aromatic nitrogens is 2. The van der Waals surface area contributed by atoms with Gasteiger partial charge in [-0.2, -0.15) is 0 Å². The second-order valence-electron chi connectivity index (χ2n) is 6.42. The fourth-order valence-electron chi connectivity index (χ4n) is 2.92. The Morgan fingerprint density at radius 3 is 2.75 bits per heavy atom. The molecular formula is C19H26N4O5. The fourth-order valence-corrected chi connectivity index (χ4v) is 2.92. The molecule has 0 amide bonds. The molecule has 0 aliphatic rings. The number of carboxylic acids is 1. The topological polar surface area (TPSA) is 131 Å². The molecule has 1 heterocycles. The number of aromatic amines is 1. The first-order valence-electron chi connectivity index (χ1n) is 9.07. The van der Waals surface area contributed by atoms with Crippen molar-refractivity contribution in [2.75, 3.05) is 30.9 Å². The van der Waals surface area contributed by atoms with Crippen LogP contribution in [0.4, 0.5) is 11.5 Å². The predicted octanol–water partition coefficient (Wildman–Crippen LogP) is 1.27. The second kappa shape index (κ2) is 9.75. The average Bonchev–Trinajstić information content (AvgIpc) is 2.65. The van der Waals surface area contributed by atoms with Crippen LogP contribution in [-0.2, 0) is 17.8 Å². The number of H-pyrrole nitrogens is 1. The Labute approximate surface area is 162 Å². The van der Waals surface area contributed by atoms with Gasteiger partial charge < -0.3 is 20.5 Å². The van der Waals surface area contributed by atoms with Gasteiger partial charge >= 0.3 is 11.7 Å². The molecule has 0 fully saturated rings. The zero-order valence-electron chi connectivity index (χ0n) is 16.1. The first-order valence-corrected chi connectivity index (χ1v) is 9.07. The highest BCUT2D eigenvalue weighted by molar-refractivity contribution is 5.87. The number of carboxylic acid groups (broad SMARTS) is 1. The lowest BCUT2D eigenvalue weighted by molar-refractivity contribution is 0.0696. The van der Waals surface area contributed by atoms with E-state index in [1.165, 1.54) is 10.6 Å². The zero-order valence-corrected chi connectivity index (χ0v) is 16.1. The molecule has 1 aromatic carbocycles. The molecule has 0 saturated heterocycles. The number of nitrogens with one attached hydrogen (secondary N) is 1. The number of nitrogens with zero attached hydrogens (tertiary/aromatic N) is 2. The molecule has 1 aromatic heterocycles. The monoisotopic (exact) mass is 390 g/mol. The number of hydrogen-bond donors (Lipinski definition) is 3. The van der Waals surface area contributed by atoms with Gasteiger partial charge in [-0.05, 0) is 24.1 Å². The average molecular weight is 390 g/mol. The van der Waals surface area contributed by atoms with E-state index in [1.54, 1.807) is 30.2 Å². The third-order valence-electron chi connectivity index (χ3n) is 4.38. The van der Waals surface area contributed by atoms with Crippen molar-refractivity contribution in [2.45, 2.75) is 32.9 Å². The molecule has 9 heteroatoms. The summed E-state index contributed by atoms with van der Waals surface area (Å²) >= 11 is 0. The molecule has 0 aliphatic carbocycles. The van der Waals surface area contributed by atoms with Gasteiger partial charge in [0.2, 0.25) is 0 Å². The minimum Gasteiger partial charge on any atom is -0.478 e. The number of methoxy groups -OCH3 is 1. The Balaban J connectivity index is 2.48. The molecule has 0 bridgehead atoms. The Hall–Kier alpha value is -3.07. The summed E-state index contributed by atoms with van der Waals surface area (Å²) in [5.41, 5.74) is 6.09. The fraction of sp³-hybridized carbons (Fsp3) is 0.421. The maximum atomic E-state index is 12.5. The maximum Gasteiger partial charge on any atom is 0.335 e. The quantitative estimate of drug-likeness (QED) is 0.557. The van der Waals surface area contributed by atoms with E-state index >= 15 is 0 Å². The Morgan fingerprint density at radius 2 is 2.11 bits per heavy atom. The molecule has 2 rings (SSSR count). The number of ether oxygens (including phenoxy) is 1. The van der Waals surface area contributed by atoms with Crippen LogP contribution in [0.25, 0.3) is 0 Å². The smallest absolute Gasteiger partial charge is 0.335 e. The van der Waals surface area contributed by atoms with E-state index in [9.17, 15) is 19.5 Å². The molecule has 0 aliphatic heterocycles. The van der Waals surface area contributed by atoms with Gasteiger partial charge in [0.15, 0.2) is 0 Å². The molecule has 2 aromatic rings. The predicted molar refractivity (Wildman–Crippen MR) is 107 cm³/mol. The van der Waals surface area contributed by atoms with Gasteiger partial charge in [0.1, 0.15) is 11.5 Å². The SMILES string of the molecule is CCCCn1c(N)c(N(CCOC)Cc2cccc(C(=O)O)c2)c(=O)[nH]c1=O. The van der Waals surface area contributed by atoms with E-state index in [2.05, 4.69) is 4.98 Å². The molecule has 0 saturated carbocycles. The van der Waals surface area contributed by atoms with Gasteiger partial charge in [0.05, 0.1) is 12.2 Å². The summed E-state index contributed by atoms with van der Waals surface area (Å²) in [6, 6.07) is 6.45. The molecule has 28 heavy (non-hydrogen) atoms. The van der Waals surface area contributed by atoms with Crippen LogP contribution in [-0.4, -0.2) is 40.9 Å². The Morgan fingerprint density at radius 1 is 1.36 bits per heavy atom. The zero-order chi connectivity index (χ0) is 20.7. The van der Waals surface area contributed by atoms with Crippen LogP contribution in [0.2, 0.25) is 0 Å². The summed E-state index contributed by atoms with van der Waals surface area (Å²) in [4.78, 5) is 39.9. The van der Waals surface area contributed by atoms with Crippen LogP contribution in [0.5, 0.6) is 0 Å². The summed E-state index contributed by atoms with van der Waals surface area (Å²) in [6.07, 6.45) is 1.62. The maximum absolute atomic E-state index is 12.5. The third kappa shape index (κ3) is 5.01. The first-order chi connectivity index (χ1) is 13.4. The summed E-state index contributed by atoms with van der Waals surface area (Å²) in [7, 11) is 1.54. The number of nitrogens with two attached hydrogens (primary N) is 1. The van der Waals surface area contributed by atoms with Crippen LogP contribution in [0.1, 0.15) is 35.7 Å². The number of carbonyl (C=O) groups is 1. The van der Waals surface area contributed by atoms with Crippen LogP contribution >= 0.6 is 0 Å². The third-order valence-corrected chi connectivity index (χ3v) is 4.38. The van der Waals surface area contributed by atoms with Gasteiger partial charge in [-0.1, -0.05) is 25.5 Å². The number of aromatic carboxylic acids is 1. The van der Waals surface area contributed by atoms with Crippen LogP contribution in [0, 0.1) is 0 Å². The van der Waals surface area contributed by atoms with E-state index in [-0.39, 0.29) is 23.6 Å². The highest BCUT2D eigenvalue weighted by atomic mass is 16.5. The van der Waals surface area contributed by atoms with Gasteiger partial charge in [-0.15, -0.1) is 0 Å². The summed E-state index contributed by atoms with van der Waals surface area (Å²) in [5, 5.41) is 9.19. The summed E-state index contributed by atoms with van der Waals surface area (Å²) in [5.74, 6) is -0.941. The van der Waals surface area contributed by atoms with Gasteiger partial charge in [-0.3, -0.25) is 14.3 Å². The molecule has 9 nitrogen and oxygen atoms in total. The molecule has 0 radical (unpaired) electrons. The lowest BCUT2D eigenvalue weighted by Gasteiger charge is -2.26. The minimum atomic E-state index is -1.03. The highest BCUT2D eigenvalue weighted by Gasteiger charge is 2.19. The lowest BCUT2D eigenvalue weighted by atomic mass is 10.1. The van der Waals surface area contributed by atoms with Crippen molar-refractivity contribution in [3.05, 3.63) is 56.2 Å². The van der Waals surface area contributed by atoms with Crippen molar-refractivity contribution in [3.63, 3.8) is 0 Å². The summed E-state index contributed by atoms with van der Waals surface area (Å²) < 4.78 is 6.49. The number of hydrogen-bond acceptors (Lipinski definition) is 6. The molecular weight excluding hydrogens is 364 g/mol. The van der Waals surface area contributed by atoms with E-state index in [0.29, 0.717) is 25.3 Å². The summed E-state index contributed by atoms with van der Waals surface area (Å²) in [6.45, 7) is 3.30. The van der Waals surface area contributed by atoms with Crippen LogP contribution in [0.3, 0.4) is 0 Å². The Bertz CT molecular complexity index is 935. The molecule has 0 atom stereocenters. The van der Waals surface area contributed by atoms with Gasteiger partial charge in [-0.25, -0.2) is 9.59 Å². The van der Waals surface area contributed by atoms with Crippen LogP contribution in [0.15, 0.2) is 33.9 Å². The molecule has 4 N–H and O–H groups in total. The van der Waals surface area contributed by atoms with E-state index < -0.39 is 17.2 Å². The first kappa shape index (κ1) is 21.2. The van der Waals surface area contributed by atoms with Crippen molar-refractivity contribution < 1.29 is 14.6 Å². The number of anilines is 2. The van der Waals surface area contributed by atoms with Crippen molar-refractivity contribution >= 4 is 17.5 Å². The van der Waals surface area contributed by atoms with E-state index in [1.807, 2.05) is 6.92 Å². The largest absolute Gasteiger partial charge is 0.478 e. The van der Waals surface area contributed by atoms with E-state index in [0.717, 1.165) is 12.8 Å². The van der Waals surface area contributed by atoms with Crippen molar-refractivity contribution in [1.29, 1.82) is 0 Å². The minimum absolute atomic E-state index is 0.0905. The van der Waals surface area contributed by atoms with Crippen LogP contribution < -0.4 is 21.9 Å². The number of nitrogen functional groups attached to an aromatic ring is 1. The van der Waals surface area contributed by atoms with Crippen molar-refractivity contribution in [2.24, 2.45) is 0 Å². The molecule has 152 valence electrons. The molecule has 0 spiro atoms. The second-order valence-corrected chi connectivity index (χ2v) is 6.42. The number of rotatable bonds is 10. The van der Waals surface area contributed by atoms with Gasteiger partial charge in [0, 0.05) is 26.7 Å². The van der Waals surface area contributed by atoms with Crippen molar-refractivity contribution in [3.8, 4) is 0 Å². The molecule has 0 unspecified atom stereocenters.